The molecule has 0 radical (unpaired) electrons. The Morgan fingerprint density at radius 2 is 2.14 bits per heavy atom. The Bertz CT molecular complexity index is 677. The molecule has 1 aromatic heterocycles. The minimum Gasteiger partial charge on any atom is -0.330 e. The highest BCUT2D eigenvalue weighted by Gasteiger charge is 2.31. The van der Waals surface area contributed by atoms with Gasteiger partial charge < -0.3 is 9.88 Å². The van der Waals surface area contributed by atoms with Gasteiger partial charge in [-0.25, -0.2) is 4.98 Å². The molecule has 4 nitrogen and oxygen atoms in total. The largest absolute Gasteiger partial charge is 0.416 e. The molecule has 2 heterocycles. The topological polar surface area (TPSA) is 33.1 Å². The third-order valence-corrected chi connectivity index (χ3v) is 4.12. The van der Waals surface area contributed by atoms with Crippen LogP contribution in [0.4, 0.5) is 13.2 Å². The molecule has 0 bridgehead atoms. The number of halogens is 3. The van der Waals surface area contributed by atoms with Crippen molar-refractivity contribution < 1.29 is 13.2 Å². The van der Waals surface area contributed by atoms with Crippen molar-refractivity contribution in [1.82, 2.24) is 19.8 Å². The summed E-state index contributed by atoms with van der Waals surface area (Å²) in [5, 5.41) is 3.37. The van der Waals surface area contributed by atoms with Crippen molar-refractivity contribution in [2.45, 2.75) is 25.7 Å². The summed E-state index contributed by atoms with van der Waals surface area (Å²) in [6, 6.07) is 4.15. The summed E-state index contributed by atoms with van der Waals surface area (Å²) in [7, 11) is 1.85. The molecule has 7 heteroatoms. The van der Waals surface area contributed by atoms with Crippen molar-refractivity contribution >= 4 is 11.0 Å². The maximum Gasteiger partial charge on any atom is 0.416 e. The fraction of sp³-hybridized carbons (Fsp3) is 0.533. The van der Waals surface area contributed by atoms with E-state index in [-0.39, 0.29) is 0 Å². The number of nitrogens with zero attached hydrogens (tertiary/aromatic N) is 3. The Balaban J connectivity index is 1.89. The van der Waals surface area contributed by atoms with Gasteiger partial charge in [-0.1, -0.05) is 0 Å². The van der Waals surface area contributed by atoms with Crippen molar-refractivity contribution in [1.29, 1.82) is 0 Å². The number of aromatic nitrogens is 2. The van der Waals surface area contributed by atoms with E-state index in [2.05, 4.69) is 22.1 Å². The fourth-order valence-electron chi connectivity index (χ4n) is 2.92. The van der Waals surface area contributed by atoms with E-state index in [9.17, 15) is 13.2 Å². The van der Waals surface area contributed by atoms with Crippen molar-refractivity contribution in [3.63, 3.8) is 0 Å². The van der Waals surface area contributed by atoms with Gasteiger partial charge in [0.1, 0.15) is 5.82 Å². The summed E-state index contributed by atoms with van der Waals surface area (Å²) in [5.41, 5.74) is 0.474. The van der Waals surface area contributed by atoms with Gasteiger partial charge in [0.05, 0.1) is 23.1 Å². The van der Waals surface area contributed by atoms with E-state index in [4.69, 9.17) is 0 Å². The highest BCUT2D eigenvalue weighted by Crippen LogP contribution is 2.31. The van der Waals surface area contributed by atoms with Crippen LogP contribution < -0.4 is 5.32 Å². The van der Waals surface area contributed by atoms with Crippen molar-refractivity contribution in [2.75, 3.05) is 19.6 Å². The molecular formula is C15H19F3N4. The number of hydrogen-bond acceptors (Lipinski definition) is 3. The first-order chi connectivity index (χ1) is 10.3. The Kier molecular flexibility index (Phi) is 3.86. The maximum absolute atomic E-state index is 12.8. The molecule has 1 aromatic carbocycles. The first kappa shape index (κ1) is 15.3. The van der Waals surface area contributed by atoms with Gasteiger partial charge in [-0.3, -0.25) is 4.90 Å². The zero-order valence-corrected chi connectivity index (χ0v) is 12.6. The summed E-state index contributed by atoms with van der Waals surface area (Å²) >= 11 is 0. The number of hydrogen-bond donors (Lipinski definition) is 1. The number of aryl methyl sites for hydroxylation is 1. The number of fused-ring (bicyclic) bond motifs is 1. The molecule has 0 saturated carbocycles. The monoisotopic (exact) mass is 312 g/mol. The molecular weight excluding hydrogens is 293 g/mol. The summed E-state index contributed by atoms with van der Waals surface area (Å²) in [6.45, 7) is 5.52. The second-order valence-electron chi connectivity index (χ2n) is 5.88. The summed E-state index contributed by atoms with van der Waals surface area (Å²) in [6.07, 6.45) is -4.33. The third kappa shape index (κ3) is 2.96. The van der Waals surface area contributed by atoms with Crippen LogP contribution in [0.2, 0.25) is 0 Å². The Hall–Kier alpha value is -1.60. The molecule has 0 aliphatic carbocycles. The molecule has 1 atom stereocenters. The Labute approximate surface area is 126 Å². The van der Waals surface area contributed by atoms with E-state index in [0.717, 1.165) is 43.1 Å². The van der Waals surface area contributed by atoms with Gasteiger partial charge in [0.15, 0.2) is 0 Å². The molecule has 120 valence electrons. The van der Waals surface area contributed by atoms with Crippen LogP contribution in [-0.4, -0.2) is 40.1 Å². The summed E-state index contributed by atoms with van der Waals surface area (Å²) in [4.78, 5) is 6.68. The summed E-state index contributed by atoms with van der Waals surface area (Å²) in [5.74, 6) is 0.795. The van der Waals surface area contributed by atoms with Crippen molar-refractivity contribution in [3.8, 4) is 0 Å². The molecule has 1 fully saturated rings. The molecule has 2 aromatic rings. The van der Waals surface area contributed by atoms with Gasteiger partial charge in [0, 0.05) is 32.7 Å². The zero-order chi connectivity index (χ0) is 15.9. The van der Waals surface area contributed by atoms with Crippen LogP contribution in [-0.2, 0) is 19.8 Å². The fourth-order valence-corrected chi connectivity index (χ4v) is 2.92. The van der Waals surface area contributed by atoms with E-state index in [1.165, 1.54) is 6.07 Å². The Morgan fingerprint density at radius 3 is 2.82 bits per heavy atom. The SMILES string of the molecule is CC1CN(Cc2nc3cc(C(F)(F)F)ccc3n2C)CCN1. The van der Waals surface area contributed by atoms with Gasteiger partial charge in [-0.15, -0.1) is 0 Å². The smallest absolute Gasteiger partial charge is 0.330 e. The lowest BCUT2D eigenvalue weighted by molar-refractivity contribution is -0.137. The highest BCUT2D eigenvalue weighted by molar-refractivity contribution is 5.77. The first-order valence-corrected chi connectivity index (χ1v) is 7.33. The number of benzene rings is 1. The molecule has 1 aliphatic heterocycles. The quantitative estimate of drug-likeness (QED) is 0.924. The van der Waals surface area contributed by atoms with E-state index in [1.54, 1.807) is 0 Å². The number of imidazole rings is 1. The lowest BCUT2D eigenvalue weighted by Crippen LogP contribution is -2.48. The molecule has 1 saturated heterocycles. The van der Waals surface area contributed by atoms with E-state index in [0.29, 0.717) is 18.1 Å². The second-order valence-corrected chi connectivity index (χ2v) is 5.88. The molecule has 1 unspecified atom stereocenters. The zero-order valence-electron chi connectivity index (χ0n) is 12.6. The van der Waals surface area contributed by atoms with E-state index in [1.807, 2.05) is 11.6 Å². The van der Waals surface area contributed by atoms with E-state index >= 15 is 0 Å². The van der Waals surface area contributed by atoms with Crippen LogP contribution in [0.25, 0.3) is 11.0 Å². The average Bonchev–Trinajstić information content (AvgIpc) is 2.74. The predicted octanol–water partition coefficient (Wildman–Crippen LogP) is 2.39. The predicted molar refractivity (Wildman–Crippen MR) is 78.5 cm³/mol. The number of piperazine rings is 1. The summed E-state index contributed by atoms with van der Waals surface area (Å²) < 4.78 is 40.2. The van der Waals surface area contributed by atoms with Crippen LogP contribution >= 0.6 is 0 Å². The standard InChI is InChI=1S/C15H19F3N4/c1-10-8-22(6-5-19-10)9-14-20-12-7-11(15(16,17)18)3-4-13(12)21(14)2/h3-4,7,10,19H,5-6,8-9H2,1-2H3. The lowest BCUT2D eigenvalue weighted by atomic mass is 10.2. The van der Waals surface area contributed by atoms with Crippen LogP contribution in [0, 0.1) is 0 Å². The molecule has 3 rings (SSSR count). The molecule has 0 amide bonds. The van der Waals surface area contributed by atoms with Gasteiger partial charge >= 0.3 is 6.18 Å². The maximum atomic E-state index is 12.8. The number of alkyl halides is 3. The Morgan fingerprint density at radius 1 is 1.36 bits per heavy atom. The number of nitrogens with one attached hydrogen (secondary N) is 1. The third-order valence-electron chi connectivity index (χ3n) is 4.12. The van der Waals surface area contributed by atoms with Crippen LogP contribution in [0.5, 0.6) is 0 Å². The van der Waals surface area contributed by atoms with Crippen molar-refractivity contribution in [2.24, 2.45) is 7.05 Å². The van der Waals surface area contributed by atoms with Crippen molar-refractivity contribution in [3.05, 3.63) is 29.6 Å². The van der Waals surface area contributed by atoms with E-state index < -0.39 is 11.7 Å². The molecule has 22 heavy (non-hydrogen) atoms. The van der Waals surface area contributed by atoms with Gasteiger partial charge in [-0.05, 0) is 25.1 Å². The van der Waals surface area contributed by atoms with Gasteiger partial charge in [-0.2, -0.15) is 13.2 Å². The molecule has 1 aliphatic rings. The lowest BCUT2D eigenvalue weighted by Gasteiger charge is -2.31. The van der Waals surface area contributed by atoms with Gasteiger partial charge in [0.25, 0.3) is 0 Å². The normalized spacial score (nSPS) is 20.7. The van der Waals surface area contributed by atoms with Gasteiger partial charge in [0.2, 0.25) is 0 Å². The minimum atomic E-state index is -4.33. The van der Waals surface area contributed by atoms with Crippen LogP contribution in [0.1, 0.15) is 18.3 Å². The first-order valence-electron chi connectivity index (χ1n) is 7.33. The molecule has 1 N–H and O–H groups in total. The van der Waals surface area contributed by atoms with Crippen LogP contribution in [0.15, 0.2) is 18.2 Å². The van der Waals surface area contributed by atoms with Crippen LogP contribution in [0.3, 0.4) is 0 Å². The minimum absolute atomic E-state index is 0.399. The number of rotatable bonds is 2. The highest BCUT2D eigenvalue weighted by atomic mass is 19.4. The molecule has 0 spiro atoms. The second kappa shape index (κ2) is 5.55. The average molecular weight is 312 g/mol.